The molecule has 0 bridgehead atoms. The molecule has 0 saturated carbocycles. The van der Waals surface area contributed by atoms with Crippen LogP contribution >= 0.6 is 11.3 Å². The summed E-state index contributed by atoms with van der Waals surface area (Å²) in [6, 6.07) is 10.9. The van der Waals surface area contributed by atoms with E-state index in [4.69, 9.17) is 0 Å². The van der Waals surface area contributed by atoms with Crippen LogP contribution < -0.4 is 4.72 Å². The van der Waals surface area contributed by atoms with Gasteiger partial charge in [0.15, 0.2) is 0 Å². The topological polar surface area (TPSA) is 69.7 Å². The van der Waals surface area contributed by atoms with Crippen LogP contribution in [0.4, 0.5) is 5.69 Å². The SMILES string of the molecule is CS(=O)(=O)Nc1ccccc1C(=O)N1CCN(Cc2cccs2)CC1. The molecule has 1 aromatic carbocycles. The Morgan fingerprint density at radius 1 is 1.12 bits per heavy atom. The lowest BCUT2D eigenvalue weighted by molar-refractivity contribution is 0.0630. The number of anilines is 1. The first-order valence-corrected chi connectivity index (χ1v) is 10.8. The third kappa shape index (κ3) is 4.81. The van der Waals surface area contributed by atoms with Crippen LogP contribution in [0.5, 0.6) is 0 Å². The van der Waals surface area contributed by atoms with E-state index in [2.05, 4.69) is 21.1 Å². The fourth-order valence-corrected chi connectivity index (χ4v) is 4.18. The second-order valence-electron chi connectivity index (χ2n) is 6.07. The Morgan fingerprint density at radius 3 is 2.48 bits per heavy atom. The Kier molecular flexibility index (Phi) is 5.41. The standard InChI is InChI=1S/C17H21N3O3S2/c1-25(22,23)18-16-7-3-2-6-15(16)17(21)20-10-8-19(9-11-20)13-14-5-4-12-24-14/h2-7,12,18H,8-11,13H2,1H3. The Morgan fingerprint density at radius 2 is 1.84 bits per heavy atom. The Balaban J connectivity index is 1.65. The first-order valence-electron chi connectivity index (χ1n) is 8.03. The Bertz CT molecular complexity index is 827. The molecule has 1 aliphatic heterocycles. The molecule has 1 aliphatic rings. The van der Waals surface area contributed by atoms with Gasteiger partial charge in [-0.05, 0) is 23.6 Å². The molecule has 2 heterocycles. The molecule has 8 heteroatoms. The van der Waals surface area contributed by atoms with Crippen molar-refractivity contribution in [2.75, 3.05) is 37.2 Å². The predicted octanol–water partition coefficient (Wildman–Crippen LogP) is 2.08. The third-order valence-electron chi connectivity index (χ3n) is 4.07. The van der Waals surface area contributed by atoms with E-state index in [9.17, 15) is 13.2 Å². The van der Waals surface area contributed by atoms with E-state index in [-0.39, 0.29) is 5.91 Å². The molecule has 2 aromatic rings. The van der Waals surface area contributed by atoms with E-state index in [0.29, 0.717) is 24.3 Å². The van der Waals surface area contributed by atoms with Crippen LogP contribution in [0, 0.1) is 0 Å². The largest absolute Gasteiger partial charge is 0.336 e. The highest BCUT2D eigenvalue weighted by Crippen LogP contribution is 2.20. The number of piperazine rings is 1. The summed E-state index contributed by atoms with van der Waals surface area (Å²) in [5.41, 5.74) is 0.718. The van der Waals surface area contributed by atoms with E-state index in [1.165, 1.54) is 4.88 Å². The maximum atomic E-state index is 12.8. The van der Waals surface area contributed by atoms with Gasteiger partial charge in [0.1, 0.15) is 0 Å². The number of para-hydroxylation sites is 1. The monoisotopic (exact) mass is 379 g/mol. The normalized spacial score (nSPS) is 16.0. The molecular weight excluding hydrogens is 358 g/mol. The minimum Gasteiger partial charge on any atom is -0.336 e. The number of nitrogens with one attached hydrogen (secondary N) is 1. The fraction of sp³-hybridized carbons (Fsp3) is 0.353. The summed E-state index contributed by atoms with van der Waals surface area (Å²) in [5.74, 6) is -0.137. The van der Waals surface area contributed by atoms with Gasteiger partial charge in [0, 0.05) is 37.6 Å². The van der Waals surface area contributed by atoms with Gasteiger partial charge in [-0.1, -0.05) is 18.2 Å². The minimum atomic E-state index is -3.43. The van der Waals surface area contributed by atoms with Gasteiger partial charge in [-0.15, -0.1) is 11.3 Å². The zero-order valence-electron chi connectivity index (χ0n) is 14.0. The second kappa shape index (κ2) is 7.55. The van der Waals surface area contributed by atoms with E-state index >= 15 is 0 Å². The molecule has 1 N–H and O–H groups in total. The Hall–Kier alpha value is -1.90. The van der Waals surface area contributed by atoms with E-state index in [1.807, 2.05) is 6.07 Å². The average molecular weight is 380 g/mol. The summed E-state index contributed by atoms with van der Waals surface area (Å²) in [4.78, 5) is 18.2. The Labute approximate surface area is 152 Å². The average Bonchev–Trinajstić information content (AvgIpc) is 3.07. The van der Waals surface area contributed by atoms with Gasteiger partial charge in [-0.2, -0.15) is 0 Å². The number of sulfonamides is 1. The molecule has 134 valence electrons. The molecular formula is C17H21N3O3S2. The molecule has 0 spiro atoms. The second-order valence-corrected chi connectivity index (χ2v) is 8.85. The van der Waals surface area contributed by atoms with Crippen LogP contribution in [0.25, 0.3) is 0 Å². The number of nitrogens with zero attached hydrogens (tertiary/aromatic N) is 2. The summed E-state index contributed by atoms with van der Waals surface area (Å²) >= 11 is 1.74. The van der Waals surface area contributed by atoms with Gasteiger partial charge >= 0.3 is 0 Å². The number of carbonyl (C=O) groups is 1. The van der Waals surface area contributed by atoms with Gasteiger partial charge in [-0.3, -0.25) is 14.4 Å². The molecule has 0 radical (unpaired) electrons. The highest BCUT2D eigenvalue weighted by molar-refractivity contribution is 7.92. The zero-order valence-corrected chi connectivity index (χ0v) is 15.6. The highest BCUT2D eigenvalue weighted by Gasteiger charge is 2.24. The lowest BCUT2D eigenvalue weighted by Gasteiger charge is -2.34. The van der Waals surface area contributed by atoms with Crippen molar-refractivity contribution < 1.29 is 13.2 Å². The third-order valence-corrected chi connectivity index (χ3v) is 5.52. The van der Waals surface area contributed by atoms with Crippen LogP contribution in [0.3, 0.4) is 0 Å². The molecule has 0 unspecified atom stereocenters. The molecule has 1 saturated heterocycles. The van der Waals surface area contributed by atoms with Crippen molar-refractivity contribution in [3.8, 4) is 0 Å². The molecule has 25 heavy (non-hydrogen) atoms. The van der Waals surface area contributed by atoms with Crippen molar-refractivity contribution in [1.29, 1.82) is 0 Å². The molecule has 1 aromatic heterocycles. The van der Waals surface area contributed by atoms with Gasteiger partial charge in [0.2, 0.25) is 10.0 Å². The van der Waals surface area contributed by atoms with Crippen molar-refractivity contribution in [3.63, 3.8) is 0 Å². The number of rotatable bonds is 5. The number of carbonyl (C=O) groups excluding carboxylic acids is 1. The maximum Gasteiger partial charge on any atom is 0.256 e. The van der Waals surface area contributed by atoms with Gasteiger partial charge in [0.25, 0.3) is 5.91 Å². The maximum absolute atomic E-state index is 12.8. The summed E-state index contributed by atoms with van der Waals surface area (Å²) < 4.78 is 25.4. The lowest BCUT2D eigenvalue weighted by Crippen LogP contribution is -2.48. The molecule has 6 nitrogen and oxygen atoms in total. The van der Waals surface area contributed by atoms with E-state index in [1.54, 1.807) is 40.5 Å². The molecule has 1 amide bonds. The zero-order chi connectivity index (χ0) is 17.9. The van der Waals surface area contributed by atoms with Gasteiger partial charge in [-0.25, -0.2) is 8.42 Å². The van der Waals surface area contributed by atoms with Crippen molar-refractivity contribution in [3.05, 3.63) is 52.2 Å². The predicted molar refractivity (Wildman–Crippen MR) is 100 cm³/mol. The van der Waals surface area contributed by atoms with Crippen LogP contribution in [0.1, 0.15) is 15.2 Å². The number of amides is 1. The van der Waals surface area contributed by atoms with Crippen molar-refractivity contribution in [2.45, 2.75) is 6.54 Å². The van der Waals surface area contributed by atoms with Crippen LogP contribution in [-0.4, -0.2) is 56.6 Å². The minimum absolute atomic E-state index is 0.137. The van der Waals surface area contributed by atoms with Crippen LogP contribution in [0.2, 0.25) is 0 Å². The first-order chi connectivity index (χ1) is 11.9. The quantitative estimate of drug-likeness (QED) is 0.864. The van der Waals surface area contributed by atoms with Crippen LogP contribution in [0.15, 0.2) is 41.8 Å². The van der Waals surface area contributed by atoms with Crippen molar-refractivity contribution in [2.24, 2.45) is 0 Å². The first kappa shape index (κ1) is 17.9. The molecule has 1 fully saturated rings. The summed E-state index contributed by atoms with van der Waals surface area (Å²) in [5, 5.41) is 2.07. The van der Waals surface area contributed by atoms with Gasteiger partial charge in [0.05, 0.1) is 17.5 Å². The number of hydrogen-bond donors (Lipinski definition) is 1. The smallest absolute Gasteiger partial charge is 0.256 e. The summed E-state index contributed by atoms with van der Waals surface area (Å²) in [7, 11) is -3.43. The van der Waals surface area contributed by atoms with E-state index < -0.39 is 10.0 Å². The fourth-order valence-electron chi connectivity index (χ4n) is 2.86. The molecule has 3 rings (SSSR count). The van der Waals surface area contributed by atoms with Crippen molar-refractivity contribution >= 4 is 33.0 Å². The molecule has 0 atom stereocenters. The summed E-state index contributed by atoms with van der Waals surface area (Å²) in [6.45, 7) is 3.80. The van der Waals surface area contributed by atoms with E-state index in [0.717, 1.165) is 25.9 Å². The van der Waals surface area contributed by atoms with Crippen LogP contribution in [-0.2, 0) is 16.6 Å². The lowest BCUT2D eigenvalue weighted by atomic mass is 10.1. The number of benzene rings is 1. The highest BCUT2D eigenvalue weighted by atomic mass is 32.2. The number of hydrogen-bond acceptors (Lipinski definition) is 5. The van der Waals surface area contributed by atoms with Gasteiger partial charge < -0.3 is 4.90 Å². The molecule has 0 aliphatic carbocycles. The van der Waals surface area contributed by atoms with Crippen molar-refractivity contribution in [1.82, 2.24) is 9.80 Å². The number of thiophene rings is 1. The summed E-state index contributed by atoms with van der Waals surface area (Å²) in [6.07, 6.45) is 1.08.